The van der Waals surface area contributed by atoms with Crippen LogP contribution in [0.5, 0.6) is 0 Å². The SMILES string of the molecule is Cc1c(C(=O)C(=O)NC2(c3cn[nH]n3)CC(F)(F)C2)c2n(c1C(=O)Nc1ccnc(C(F)F)c1)[C@@H]1C[C@@H]1C2. The normalized spacial score (nSPS) is 21.8. The van der Waals surface area contributed by atoms with Crippen molar-refractivity contribution < 1.29 is 31.9 Å². The number of anilines is 1. The highest BCUT2D eigenvalue weighted by Crippen LogP contribution is 2.55. The second-order valence-electron chi connectivity index (χ2n) is 10.1. The third-order valence-electron chi connectivity index (χ3n) is 7.51. The van der Waals surface area contributed by atoms with E-state index in [0.717, 1.165) is 18.7 Å². The Kier molecular flexibility index (Phi) is 5.23. The molecule has 198 valence electrons. The van der Waals surface area contributed by atoms with Crippen molar-refractivity contribution in [3.8, 4) is 0 Å². The topological polar surface area (TPSA) is 135 Å². The number of amides is 2. The molecule has 0 saturated heterocycles. The maximum Gasteiger partial charge on any atom is 0.293 e. The second-order valence-corrected chi connectivity index (χ2v) is 10.1. The number of halogens is 4. The minimum atomic E-state index is -3.04. The van der Waals surface area contributed by atoms with E-state index in [1.54, 1.807) is 4.57 Å². The van der Waals surface area contributed by atoms with Gasteiger partial charge in [0.25, 0.3) is 29.9 Å². The fourth-order valence-corrected chi connectivity index (χ4v) is 5.75. The number of aromatic amines is 1. The summed E-state index contributed by atoms with van der Waals surface area (Å²) in [6.45, 7) is 1.53. The lowest BCUT2D eigenvalue weighted by Gasteiger charge is -2.46. The predicted octanol–water partition coefficient (Wildman–Crippen LogP) is 3.24. The van der Waals surface area contributed by atoms with Crippen LogP contribution in [0.25, 0.3) is 0 Å². The van der Waals surface area contributed by atoms with E-state index in [1.165, 1.54) is 19.2 Å². The molecular weight excluding hydrogens is 510 g/mol. The van der Waals surface area contributed by atoms with Crippen molar-refractivity contribution >= 4 is 23.3 Å². The Morgan fingerprint density at radius 2 is 2.00 bits per heavy atom. The molecule has 10 nitrogen and oxygen atoms in total. The molecule has 3 aromatic rings. The Labute approximate surface area is 212 Å². The summed E-state index contributed by atoms with van der Waals surface area (Å²) in [6.07, 6.45) is -0.642. The minimum Gasteiger partial charge on any atom is -0.337 e. The molecule has 0 bridgehead atoms. The van der Waals surface area contributed by atoms with Gasteiger partial charge >= 0.3 is 0 Å². The van der Waals surface area contributed by atoms with Gasteiger partial charge < -0.3 is 15.2 Å². The van der Waals surface area contributed by atoms with Crippen molar-refractivity contribution in [3.05, 3.63) is 58.4 Å². The van der Waals surface area contributed by atoms with E-state index in [0.29, 0.717) is 12.1 Å². The highest BCUT2D eigenvalue weighted by atomic mass is 19.3. The molecule has 0 radical (unpaired) electrons. The van der Waals surface area contributed by atoms with Crippen LogP contribution in [0.3, 0.4) is 0 Å². The van der Waals surface area contributed by atoms with Crippen LogP contribution in [0.1, 0.15) is 75.2 Å². The Balaban J connectivity index is 1.30. The molecule has 14 heteroatoms. The maximum absolute atomic E-state index is 13.8. The van der Waals surface area contributed by atoms with E-state index < -0.39 is 54.0 Å². The Bertz CT molecular complexity index is 1480. The molecule has 1 aliphatic heterocycles. The molecule has 0 aromatic carbocycles. The number of ketones is 1. The predicted molar refractivity (Wildman–Crippen MR) is 122 cm³/mol. The summed E-state index contributed by atoms with van der Waals surface area (Å²) in [4.78, 5) is 43.4. The van der Waals surface area contributed by atoms with Crippen LogP contribution in [-0.4, -0.2) is 48.5 Å². The standard InChI is InChI=1S/C24H21F4N7O3/c1-10-17(19(36)22(38)32-23(8-24(27,28)9-23)16-7-30-34-33-16)15-5-11-4-14(11)35(15)18(10)21(37)31-12-2-3-29-13(6-12)20(25)26/h2-3,6-7,11,14,20H,4-5,8-9H2,1H3,(H,32,38)(H,29,31,37)(H,30,33,34)/t11-,14-/m1/s1. The summed E-state index contributed by atoms with van der Waals surface area (Å²) >= 11 is 0. The average Bonchev–Trinajstić information content (AvgIpc) is 3.17. The first-order valence-electron chi connectivity index (χ1n) is 11.9. The molecule has 2 fully saturated rings. The van der Waals surface area contributed by atoms with Gasteiger partial charge in [0.2, 0.25) is 0 Å². The van der Waals surface area contributed by atoms with E-state index in [4.69, 9.17) is 0 Å². The Morgan fingerprint density at radius 1 is 1.24 bits per heavy atom. The average molecular weight is 531 g/mol. The summed E-state index contributed by atoms with van der Waals surface area (Å²) in [5.74, 6) is -5.49. The van der Waals surface area contributed by atoms with E-state index in [2.05, 4.69) is 31.0 Å². The van der Waals surface area contributed by atoms with Crippen LogP contribution in [0, 0.1) is 12.8 Å². The number of carbonyl (C=O) groups excluding carboxylic acids is 3. The first kappa shape index (κ1) is 24.2. The molecule has 4 heterocycles. The number of aromatic nitrogens is 5. The van der Waals surface area contributed by atoms with E-state index in [9.17, 15) is 31.9 Å². The van der Waals surface area contributed by atoms with Gasteiger partial charge in [0.1, 0.15) is 17.1 Å². The number of H-pyrrole nitrogens is 1. The van der Waals surface area contributed by atoms with Gasteiger partial charge in [-0.3, -0.25) is 19.4 Å². The van der Waals surface area contributed by atoms with Crippen LogP contribution in [0.15, 0.2) is 24.5 Å². The van der Waals surface area contributed by atoms with E-state index in [-0.39, 0.29) is 40.2 Å². The largest absolute Gasteiger partial charge is 0.337 e. The van der Waals surface area contributed by atoms with Gasteiger partial charge in [0.05, 0.1) is 17.3 Å². The summed E-state index contributed by atoms with van der Waals surface area (Å²) < 4.78 is 55.5. The third kappa shape index (κ3) is 3.77. The number of hydrogen-bond acceptors (Lipinski definition) is 6. The van der Waals surface area contributed by atoms with Crippen molar-refractivity contribution in [2.24, 2.45) is 5.92 Å². The van der Waals surface area contributed by atoms with Crippen molar-refractivity contribution in [2.45, 2.75) is 56.5 Å². The maximum atomic E-state index is 13.8. The lowest BCUT2D eigenvalue weighted by Crippen LogP contribution is -2.61. The molecule has 38 heavy (non-hydrogen) atoms. The summed E-state index contributed by atoms with van der Waals surface area (Å²) in [5.41, 5.74) is -0.893. The van der Waals surface area contributed by atoms with Crippen LogP contribution >= 0.6 is 0 Å². The van der Waals surface area contributed by atoms with Crippen molar-refractivity contribution in [3.63, 3.8) is 0 Å². The number of pyridine rings is 1. The third-order valence-corrected chi connectivity index (χ3v) is 7.51. The number of carbonyl (C=O) groups is 3. The zero-order chi connectivity index (χ0) is 27.0. The van der Waals surface area contributed by atoms with Gasteiger partial charge in [0.15, 0.2) is 0 Å². The highest BCUT2D eigenvalue weighted by Gasteiger charge is 2.60. The van der Waals surface area contributed by atoms with Crippen LogP contribution in [0.4, 0.5) is 23.2 Å². The molecule has 2 atom stereocenters. The fourth-order valence-electron chi connectivity index (χ4n) is 5.75. The van der Waals surface area contributed by atoms with Crippen LogP contribution < -0.4 is 10.6 Å². The number of alkyl halides is 4. The van der Waals surface area contributed by atoms with Crippen molar-refractivity contribution in [1.82, 2.24) is 30.3 Å². The molecule has 6 rings (SSSR count). The lowest BCUT2D eigenvalue weighted by molar-refractivity contribution is -0.148. The number of nitrogens with one attached hydrogen (secondary N) is 3. The van der Waals surface area contributed by atoms with Gasteiger partial charge in [-0.2, -0.15) is 15.4 Å². The molecule has 2 saturated carbocycles. The van der Waals surface area contributed by atoms with Crippen LogP contribution in [0.2, 0.25) is 0 Å². The minimum absolute atomic E-state index is 0.0186. The number of fused-ring (bicyclic) bond motifs is 3. The molecule has 0 unspecified atom stereocenters. The first-order valence-corrected chi connectivity index (χ1v) is 11.9. The Morgan fingerprint density at radius 3 is 2.66 bits per heavy atom. The smallest absolute Gasteiger partial charge is 0.293 e. The lowest BCUT2D eigenvalue weighted by atomic mass is 9.71. The van der Waals surface area contributed by atoms with Crippen LogP contribution in [-0.2, 0) is 16.8 Å². The summed E-state index contributed by atoms with van der Waals surface area (Å²) in [6, 6.07) is 2.41. The quantitative estimate of drug-likeness (QED) is 0.244. The monoisotopic (exact) mass is 531 g/mol. The number of hydrogen-bond donors (Lipinski definition) is 3. The zero-order valence-electron chi connectivity index (χ0n) is 19.9. The fraction of sp³-hybridized carbons (Fsp3) is 0.417. The molecule has 2 aliphatic carbocycles. The van der Waals surface area contributed by atoms with E-state index >= 15 is 0 Å². The molecule has 3 aromatic heterocycles. The number of nitrogens with zero attached hydrogens (tertiary/aromatic N) is 4. The molecule has 2 amide bonds. The molecule has 3 aliphatic rings. The van der Waals surface area contributed by atoms with Gasteiger partial charge in [0, 0.05) is 36.5 Å². The van der Waals surface area contributed by atoms with Gasteiger partial charge in [-0.05, 0) is 43.4 Å². The van der Waals surface area contributed by atoms with Gasteiger partial charge in [-0.25, -0.2) is 17.6 Å². The number of Topliss-reactive ketones (excluding diaryl/α,β-unsaturated/α-hetero) is 1. The van der Waals surface area contributed by atoms with Crippen molar-refractivity contribution in [1.29, 1.82) is 0 Å². The zero-order valence-corrected chi connectivity index (χ0v) is 19.9. The summed E-state index contributed by atoms with van der Waals surface area (Å²) in [5, 5.41) is 14.8. The number of rotatable bonds is 7. The highest BCUT2D eigenvalue weighted by molar-refractivity contribution is 6.44. The second kappa shape index (κ2) is 8.20. The molecular formula is C24H21F4N7O3. The van der Waals surface area contributed by atoms with Gasteiger partial charge in [-0.15, -0.1) is 0 Å². The first-order chi connectivity index (χ1) is 18.0. The summed E-state index contributed by atoms with van der Waals surface area (Å²) in [7, 11) is 0. The molecule has 3 N–H and O–H groups in total. The molecule has 0 spiro atoms. The Hall–Kier alpha value is -4.10. The van der Waals surface area contributed by atoms with Crippen molar-refractivity contribution in [2.75, 3.05) is 5.32 Å². The van der Waals surface area contributed by atoms with E-state index in [1.807, 2.05) is 0 Å². The van der Waals surface area contributed by atoms with Gasteiger partial charge in [-0.1, -0.05) is 0 Å².